The van der Waals surface area contributed by atoms with Crippen molar-refractivity contribution >= 4 is 29.2 Å². The lowest BCUT2D eigenvalue weighted by Gasteiger charge is -2.11. The molecule has 0 spiro atoms. The lowest BCUT2D eigenvalue weighted by Crippen LogP contribution is -2.04. The highest BCUT2D eigenvalue weighted by Crippen LogP contribution is 2.30. The molecule has 0 fully saturated rings. The molecule has 21 heavy (non-hydrogen) atoms. The highest BCUT2D eigenvalue weighted by molar-refractivity contribution is 6.32. The maximum Gasteiger partial charge on any atom is 0.339 e. The van der Waals surface area contributed by atoms with E-state index in [-0.39, 0.29) is 22.9 Å². The zero-order valence-corrected chi connectivity index (χ0v) is 12.1. The first-order chi connectivity index (χ1) is 10.0. The summed E-state index contributed by atoms with van der Waals surface area (Å²) < 4.78 is 5.49. The predicted molar refractivity (Wildman–Crippen MR) is 78.9 cm³/mol. The van der Waals surface area contributed by atoms with Gasteiger partial charge in [0.05, 0.1) is 16.7 Å². The lowest BCUT2D eigenvalue weighted by atomic mass is 10.1. The average molecular weight is 322 g/mol. The Labute approximate surface area is 131 Å². The average Bonchev–Trinajstić information content (AvgIpc) is 2.46. The normalized spacial score (nSPS) is 9.95. The molecule has 0 bridgehead atoms. The topological polar surface area (TPSA) is 70.3 Å². The Morgan fingerprint density at radius 1 is 1.24 bits per heavy atom. The molecule has 2 aromatic carbocycles. The number of hydrogen-bond acceptors (Lipinski definition) is 3. The van der Waals surface area contributed by atoms with Gasteiger partial charge in [-0.1, -0.05) is 35.3 Å². The Bertz CT molecular complexity index is 738. The fourth-order valence-electron chi connectivity index (χ4n) is 1.71. The van der Waals surface area contributed by atoms with Gasteiger partial charge in [0.2, 0.25) is 0 Å². The number of nitriles is 1. The summed E-state index contributed by atoms with van der Waals surface area (Å²) in [5, 5.41) is 18.5. The van der Waals surface area contributed by atoms with Crippen LogP contribution >= 0.6 is 23.2 Å². The van der Waals surface area contributed by atoms with Crippen LogP contribution in [0.2, 0.25) is 10.0 Å². The van der Waals surface area contributed by atoms with Crippen LogP contribution in [-0.4, -0.2) is 11.1 Å². The Hall–Kier alpha value is -2.22. The molecule has 0 atom stereocenters. The molecule has 0 unspecified atom stereocenters. The van der Waals surface area contributed by atoms with Gasteiger partial charge in [-0.25, -0.2) is 4.79 Å². The van der Waals surface area contributed by atoms with E-state index in [1.807, 2.05) is 6.07 Å². The van der Waals surface area contributed by atoms with E-state index in [1.165, 1.54) is 18.2 Å². The first-order valence-corrected chi connectivity index (χ1v) is 6.61. The molecule has 0 aromatic heterocycles. The fraction of sp³-hybridized carbons (Fsp3) is 0.0667. The van der Waals surface area contributed by atoms with Crippen molar-refractivity contribution in [3.8, 4) is 11.8 Å². The Morgan fingerprint density at radius 3 is 2.62 bits per heavy atom. The fourth-order valence-corrected chi connectivity index (χ4v) is 2.17. The molecule has 2 aromatic rings. The summed E-state index contributed by atoms with van der Waals surface area (Å²) in [6, 6.07) is 11.2. The molecule has 0 radical (unpaired) electrons. The van der Waals surface area contributed by atoms with Gasteiger partial charge in [0.1, 0.15) is 12.2 Å². The first kappa shape index (κ1) is 15.2. The van der Waals surface area contributed by atoms with Crippen molar-refractivity contribution < 1.29 is 14.6 Å². The molecule has 0 aliphatic carbocycles. The number of carboxylic acids is 1. The molecular formula is C15H9Cl2NO3. The number of nitrogens with zero attached hydrogens (tertiary/aromatic N) is 1. The molecule has 106 valence electrons. The first-order valence-electron chi connectivity index (χ1n) is 5.86. The van der Waals surface area contributed by atoms with E-state index in [2.05, 4.69) is 0 Å². The van der Waals surface area contributed by atoms with Gasteiger partial charge in [-0.05, 0) is 24.3 Å². The van der Waals surface area contributed by atoms with E-state index in [1.54, 1.807) is 18.2 Å². The van der Waals surface area contributed by atoms with Crippen LogP contribution in [0.4, 0.5) is 0 Å². The van der Waals surface area contributed by atoms with Crippen LogP contribution in [0, 0.1) is 11.3 Å². The minimum absolute atomic E-state index is 0.0210. The second-order valence-electron chi connectivity index (χ2n) is 4.13. The molecule has 0 saturated carbocycles. The zero-order valence-electron chi connectivity index (χ0n) is 10.6. The van der Waals surface area contributed by atoms with Gasteiger partial charge in [-0.2, -0.15) is 5.26 Å². The zero-order chi connectivity index (χ0) is 15.4. The van der Waals surface area contributed by atoms with Gasteiger partial charge in [-0.15, -0.1) is 0 Å². The molecule has 0 saturated heterocycles. The van der Waals surface area contributed by atoms with Crippen molar-refractivity contribution in [2.75, 3.05) is 0 Å². The molecule has 0 aliphatic heterocycles. The maximum atomic E-state index is 11.1. The minimum atomic E-state index is -1.13. The molecule has 0 amide bonds. The highest BCUT2D eigenvalue weighted by atomic mass is 35.5. The predicted octanol–water partition coefficient (Wildman–Crippen LogP) is 4.14. The van der Waals surface area contributed by atoms with E-state index in [0.29, 0.717) is 16.1 Å². The summed E-state index contributed by atoms with van der Waals surface area (Å²) >= 11 is 12.0. The number of benzene rings is 2. The van der Waals surface area contributed by atoms with Crippen LogP contribution in [0.1, 0.15) is 21.5 Å². The molecular weight excluding hydrogens is 313 g/mol. The molecule has 4 nitrogen and oxygen atoms in total. The standard InChI is InChI=1S/C15H9Cl2NO3/c16-12-3-1-2-11(15(19)20)14(12)21-8-10-5-4-9(7-18)6-13(10)17/h1-6H,8H2,(H,19,20). The third-order valence-corrected chi connectivity index (χ3v) is 3.40. The van der Waals surface area contributed by atoms with Crippen LogP contribution in [0.5, 0.6) is 5.75 Å². The SMILES string of the molecule is N#Cc1ccc(COc2c(Cl)cccc2C(=O)O)c(Cl)c1. The number of carboxylic acid groups (broad SMARTS) is 1. The van der Waals surface area contributed by atoms with Gasteiger partial charge >= 0.3 is 5.97 Å². The Balaban J connectivity index is 2.25. The number of halogens is 2. The van der Waals surface area contributed by atoms with Crippen molar-refractivity contribution in [1.82, 2.24) is 0 Å². The summed E-state index contributed by atoms with van der Waals surface area (Å²) in [6.45, 7) is 0.0502. The van der Waals surface area contributed by atoms with Crippen LogP contribution in [-0.2, 0) is 6.61 Å². The van der Waals surface area contributed by atoms with Crippen molar-refractivity contribution in [3.63, 3.8) is 0 Å². The van der Waals surface area contributed by atoms with Gasteiger partial charge in [-0.3, -0.25) is 0 Å². The number of aromatic carboxylic acids is 1. The number of hydrogen-bond donors (Lipinski definition) is 1. The third-order valence-electron chi connectivity index (χ3n) is 2.75. The van der Waals surface area contributed by atoms with Crippen molar-refractivity contribution in [2.45, 2.75) is 6.61 Å². The van der Waals surface area contributed by atoms with Crippen LogP contribution in [0.25, 0.3) is 0 Å². The highest BCUT2D eigenvalue weighted by Gasteiger charge is 2.15. The van der Waals surface area contributed by atoms with Crippen LogP contribution in [0.15, 0.2) is 36.4 Å². The van der Waals surface area contributed by atoms with Crippen molar-refractivity contribution in [1.29, 1.82) is 5.26 Å². The number of rotatable bonds is 4. The largest absolute Gasteiger partial charge is 0.486 e. The van der Waals surface area contributed by atoms with Gasteiger partial charge in [0, 0.05) is 10.6 Å². The third kappa shape index (κ3) is 3.46. The summed E-state index contributed by atoms with van der Waals surface area (Å²) in [5.74, 6) is -1.04. The molecule has 6 heteroatoms. The van der Waals surface area contributed by atoms with Crippen molar-refractivity contribution in [2.24, 2.45) is 0 Å². The monoisotopic (exact) mass is 321 g/mol. The second kappa shape index (κ2) is 6.49. The number of carbonyl (C=O) groups is 1. The smallest absolute Gasteiger partial charge is 0.339 e. The van der Waals surface area contributed by atoms with E-state index in [9.17, 15) is 4.79 Å². The minimum Gasteiger partial charge on any atom is -0.486 e. The molecule has 0 aliphatic rings. The molecule has 2 rings (SSSR count). The van der Waals surface area contributed by atoms with Crippen molar-refractivity contribution in [3.05, 3.63) is 63.1 Å². The number of para-hydroxylation sites is 1. The Morgan fingerprint density at radius 2 is 2.00 bits per heavy atom. The van der Waals surface area contributed by atoms with Crippen LogP contribution in [0.3, 0.4) is 0 Å². The quantitative estimate of drug-likeness (QED) is 0.918. The van der Waals surface area contributed by atoms with Gasteiger partial charge < -0.3 is 9.84 Å². The summed E-state index contributed by atoms with van der Waals surface area (Å²) in [4.78, 5) is 11.1. The van der Waals surface area contributed by atoms with Crippen LogP contribution < -0.4 is 4.74 Å². The second-order valence-corrected chi connectivity index (χ2v) is 4.94. The van der Waals surface area contributed by atoms with E-state index < -0.39 is 5.97 Å². The number of ether oxygens (including phenoxy) is 1. The van der Waals surface area contributed by atoms with Gasteiger partial charge in [0.15, 0.2) is 5.75 Å². The van der Waals surface area contributed by atoms with E-state index in [4.69, 9.17) is 38.3 Å². The lowest BCUT2D eigenvalue weighted by molar-refractivity contribution is 0.0692. The summed E-state index contributed by atoms with van der Waals surface area (Å²) in [5.41, 5.74) is 1.05. The van der Waals surface area contributed by atoms with E-state index >= 15 is 0 Å². The summed E-state index contributed by atoms with van der Waals surface area (Å²) in [6.07, 6.45) is 0. The van der Waals surface area contributed by atoms with Gasteiger partial charge in [0.25, 0.3) is 0 Å². The molecule has 0 heterocycles. The Kier molecular flexibility index (Phi) is 4.69. The molecule has 1 N–H and O–H groups in total. The summed E-state index contributed by atoms with van der Waals surface area (Å²) in [7, 11) is 0. The maximum absolute atomic E-state index is 11.1. The van der Waals surface area contributed by atoms with E-state index in [0.717, 1.165) is 0 Å².